The van der Waals surface area contributed by atoms with Crippen LogP contribution in [0.4, 0.5) is 0 Å². The van der Waals surface area contributed by atoms with Crippen molar-refractivity contribution < 1.29 is 4.42 Å². The first-order valence-electron chi connectivity index (χ1n) is 10.8. The summed E-state index contributed by atoms with van der Waals surface area (Å²) in [6.07, 6.45) is 11.2. The van der Waals surface area contributed by atoms with Crippen LogP contribution in [0.3, 0.4) is 0 Å². The molecule has 3 heterocycles. The van der Waals surface area contributed by atoms with E-state index >= 15 is 0 Å². The first-order chi connectivity index (χ1) is 13.3. The minimum absolute atomic E-state index is 0. The number of nitrogens with one attached hydrogen (secondary N) is 2. The van der Waals surface area contributed by atoms with Crippen LogP contribution in [0.25, 0.3) is 0 Å². The summed E-state index contributed by atoms with van der Waals surface area (Å²) in [5, 5.41) is 7.22. The number of guanidine groups is 1. The molecule has 2 saturated heterocycles. The van der Waals surface area contributed by atoms with Gasteiger partial charge in [-0.2, -0.15) is 0 Å². The minimum atomic E-state index is 0. The van der Waals surface area contributed by atoms with Gasteiger partial charge < -0.3 is 15.1 Å². The van der Waals surface area contributed by atoms with E-state index in [-0.39, 0.29) is 30.0 Å². The maximum absolute atomic E-state index is 5.73. The van der Waals surface area contributed by atoms with E-state index in [9.17, 15) is 0 Å². The molecule has 2 unspecified atom stereocenters. The van der Waals surface area contributed by atoms with Crippen molar-refractivity contribution in [3.63, 3.8) is 0 Å². The van der Waals surface area contributed by atoms with Crippen LogP contribution in [0, 0.1) is 0 Å². The summed E-state index contributed by atoms with van der Waals surface area (Å²) in [5.41, 5.74) is 0. The maximum atomic E-state index is 5.73. The van der Waals surface area contributed by atoms with E-state index in [0.717, 1.165) is 43.9 Å². The molecule has 7 heteroatoms. The van der Waals surface area contributed by atoms with Crippen molar-refractivity contribution in [3.05, 3.63) is 24.2 Å². The van der Waals surface area contributed by atoms with Crippen molar-refractivity contribution >= 4 is 29.9 Å². The van der Waals surface area contributed by atoms with Crippen LogP contribution in [0.15, 0.2) is 27.8 Å². The second kappa shape index (κ2) is 10.8. The summed E-state index contributed by atoms with van der Waals surface area (Å²) in [7, 11) is 1.87. The molecule has 6 nitrogen and oxygen atoms in total. The van der Waals surface area contributed by atoms with E-state index < -0.39 is 0 Å². The van der Waals surface area contributed by atoms with Gasteiger partial charge in [0.25, 0.3) is 0 Å². The van der Waals surface area contributed by atoms with Gasteiger partial charge in [0.1, 0.15) is 5.76 Å². The summed E-state index contributed by atoms with van der Waals surface area (Å²) in [4.78, 5) is 9.69. The second-order valence-corrected chi connectivity index (χ2v) is 8.29. The van der Waals surface area contributed by atoms with Crippen molar-refractivity contribution in [1.82, 2.24) is 20.4 Å². The molecule has 1 aliphatic carbocycles. The number of hydrogen-bond donors (Lipinski definition) is 2. The number of nitrogens with zero attached hydrogens (tertiary/aromatic N) is 3. The van der Waals surface area contributed by atoms with Crippen molar-refractivity contribution in [2.75, 3.05) is 39.8 Å². The highest BCUT2D eigenvalue weighted by molar-refractivity contribution is 14.0. The summed E-state index contributed by atoms with van der Waals surface area (Å²) >= 11 is 0. The van der Waals surface area contributed by atoms with Gasteiger partial charge in [0.05, 0.1) is 12.3 Å². The summed E-state index contributed by atoms with van der Waals surface area (Å²) in [6.45, 7) is 5.50. The van der Waals surface area contributed by atoms with Gasteiger partial charge in [-0.05, 0) is 57.3 Å². The van der Waals surface area contributed by atoms with Crippen LogP contribution in [0.5, 0.6) is 0 Å². The lowest BCUT2D eigenvalue weighted by molar-refractivity contribution is 0.215. The van der Waals surface area contributed by atoms with Gasteiger partial charge in [-0.1, -0.05) is 12.8 Å². The highest BCUT2D eigenvalue weighted by atomic mass is 127. The number of halogens is 1. The van der Waals surface area contributed by atoms with Gasteiger partial charge in [0, 0.05) is 38.8 Å². The Morgan fingerprint density at radius 1 is 1.18 bits per heavy atom. The third-order valence-corrected chi connectivity index (χ3v) is 6.54. The standard InChI is InChI=1S/C21H35N5O.HI/c1-22-21(24-17-10-13-26(16-17)18-7-2-3-8-18)23-15-19(20-9-6-14-27-20)25-11-4-5-12-25;/h6,9,14,17-19H,2-5,7-8,10-13,15-16H2,1H3,(H2,22,23,24);1H. The Bertz CT molecular complexity index is 596. The van der Waals surface area contributed by atoms with Gasteiger partial charge in [-0.15, -0.1) is 24.0 Å². The van der Waals surface area contributed by atoms with Crippen molar-refractivity contribution in [3.8, 4) is 0 Å². The van der Waals surface area contributed by atoms with Crippen molar-refractivity contribution in [2.45, 2.75) is 63.1 Å². The van der Waals surface area contributed by atoms with Gasteiger partial charge in [0.15, 0.2) is 5.96 Å². The molecule has 0 spiro atoms. The average Bonchev–Trinajstić information content (AvgIpc) is 3.49. The third kappa shape index (κ3) is 5.42. The highest BCUT2D eigenvalue weighted by Gasteiger charge is 2.31. The number of furan rings is 1. The molecule has 28 heavy (non-hydrogen) atoms. The Labute approximate surface area is 186 Å². The third-order valence-electron chi connectivity index (χ3n) is 6.54. The molecule has 1 aromatic rings. The molecule has 2 aliphatic heterocycles. The van der Waals surface area contributed by atoms with E-state index in [1.807, 2.05) is 13.1 Å². The Morgan fingerprint density at radius 3 is 2.64 bits per heavy atom. The Balaban J connectivity index is 0.00000225. The van der Waals surface area contributed by atoms with E-state index in [1.165, 1.54) is 51.5 Å². The maximum Gasteiger partial charge on any atom is 0.191 e. The zero-order valence-corrected chi connectivity index (χ0v) is 19.4. The zero-order valence-electron chi connectivity index (χ0n) is 17.1. The summed E-state index contributed by atoms with van der Waals surface area (Å²) in [6, 6.07) is 5.69. The van der Waals surface area contributed by atoms with Crippen LogP contribution in [-0.2, 0) is 0 Å². The van der Waals surface area contributed by atoms with Gasteiger partial charge >= 0.3 is 0 Å². The minimum Gasteiger partial charge on any atom is -0.468 e. The number of likely N-dealkylation sites (tertiary alicyclic amines) is 2. The number of hydrogen-bond acceptors (Lipinski definition) is 4. The number of aliphatic imine (C=N–C) groups is 1. The molecule has 3 aliphatic rings. The molecule has 2 N–H and O–H groups in total. The molecule has 3 fully saturated rings. The predicted octanol–water partition coefficient (Wildman–Crippen LogP) is 3.22. The molecule has 0 radical (unpaired) electrons. The van der Waals surface area contributed by atoms with Gasteiger partial charge in [-0.3, -0.25) is 14.8 Å². The molecule has 1 saturated carbocycles. The van der Waals surface area contributed by atoms with Gasteiger partial charge in [-0.25, -0.2) is 0 Å². The summed E-state index contributed by atoms with van der Waals surface area (Å²) in [5.74, 6) is 1.97. The van der Waals surface area contributed by atoms with Crippen LogP contribution in [0.2, 0.25) is 0 Å². The van der Waals surface area contributed by atoms with Crippen molar-refractivity contribution in [2.24, 2.45) is 4.99 Å². The monoisotopic (exact) mass is 501 g/mol. The zero-order chi connectivity index (χ0) is 18.5. The molecule has 0 bridgehead atoms. The first kappa shape index (κ1) is 21.9. The van der Waals surface area contributed by atoms with Crippen LogP contribution < -0.4 is 10.6 Å². The molecule has 158 valence electrons. The Hall–Kier alpha value is -0.800. The lowest BCUT2D eigenvalue weighted by atomic mass is 10.2. The van der Waals surface area contributed by atoms with Crippen LogP contribution >= 0.6 is 24.0 Å². The number of rotatable bonds is 6. The topological polar surface area (TPSA) is 56.0 Å². The first-order valence-corrected chi connectivity index (χ1v) is 10.8. The predicted molar refractivity (Wildman–Crippen MR) is 124 cm³/mol. The molecule has 0 amide bonds. The largest absolute Gasteiger partial charge is 0.468 e. The fourth-order valence-electron chi connectivity index (χ4n) is 5.03. The average molecular weight is 501 g/mol. The molecule has 4 rings (SSSR count). The molecule has 1 aromatic heterocycles. The summed E-state index contributed by atoms with van der Waals surface area (Å²) < 4.78 is 5.73. The second-order valence-electron chi connectivity index (χ2n) is 8.29. The van der Waals surface area contributed by atoms with E-state index in [4.69, 9.17) is 4.42 Å². The van der Waals surface area contributed by atoms with Gasteiger partial charge in [0.2, 0.25) is 0 Å². The Morgan fingerprint density at radius 2 is 1.96 bits per heavy atom. The molecule has 2 atom stereocenters. The highest BCUT2D eigenvalue weighted by Crippen LogP contribution is 2.27. The fourth-order valence-corrected chi connectivity index (χ4v) is 5.03. The molecular weight excluding hydrogens is 465 g/mol. The fraction of sp³-hybridized carbons (Fsp3) is 0.762. The van der Waals surface area contributed by atoms with Crippen LogP contribution in [0.1, 0.15) is 56.7 Å². The van der Waals surface area contributed by atoms with E-state index in [0.29, 0.717) is 6.04 Å². The van der Waals surface area contributed by atoms with E-state index in [1.54, 1.807) is 6.26 Å². The SMILES string of the molecule is CN=C(NCC(c1ccco1)N1CCCC1)NC1CCN(C2CCCC2)C1.I. The van der Waals surface area contributed by atoms with Crippen molar-refractivity contribution in [1.29, 1.82) is 0 Å². The van der Waals surface area contributed by atoms with Crippen LogP contribution in [-0.4, -0.2) is 67.6 Å². The quantitative estimate of drug-likeness (QED) is 0.356. The van der Waals surface area contributed by atoms with E-state index in [2.05, 4.69) is 31.5 Å². The molecular formula is C21H36IN5O. The lowest BCUT2D eigenvalue weighted by Crippen LogP contribution is -2.47. The lowest BCUT2D eigenvalue weighted by Gasteiger charge is -2.27. The normalized spacial score (nSPS) is 25.8. The smallest absolute Gasteiger partial charge is 0.191 e. The molecule has 0 aromatic carbocycles. The Kier molecular flexibility index (Phi) is 8.47.